The van der Waals surface area contributed by atoms with E-state index in [2.05, 4.69) is 11.9 Å². The number of hydrogen-bond acceptors (Lipinski definition) is 2. The molecule has 0 aromatic heterocycles. The van der Waals surface area contributed by atoms with E-state index in [9.17, 15) is 14.0 Å². The molecule has 0 spiro atoms. The molecule has 0 saturated carbocycles. The number of anilines is 1. The van der Waals surface area contributed by atoms with Crippen molar-refractivity contribution in [1.82, 2.24) is 5.32 Å². The van der Waals surface area contributed by atoms with Gasteiger partial charge in [-0.15, -0.1) is 6.58 Å². The lowest BCUT2D eigenvalue weighted by Crippen LogP contribution is -2.33. The zero-order valence-corrected chi connectivity index (χ0v) is 11.5. The number of halogens is 2. The van der Waals surface area contributed by atoms with Crippen LogP contribution in [-0.4, -0.2) is 24.9 Å². The minimum absolute atomic E-state index is 0.0464. The summed E-state index contributed by atoms with van der Waals surface area (Å²) in [6.45, 7) is 4.15. The standard InChI is InChI=1S/C14H14ClFN2O2/c1-2-5-17-14(20)9-6-13(19)18(8-9)10-3-4-12(16)11(15)7-10/h2-4,7,9H,1,5-6,8H2,(H,17,20). The van der Waals surface area contributed by atoms with Crippen molar-refractivity contribution in [1.29, 1.82) is 0 Å². The number of nitrogens with zero attached hydrogens (tertiary/aromatic N) is 1. The SMILES string of the molecule is C=CCNC(=O)C1CC(=O)N(c2ccc(F)c(Cl)c2)C1. The molecule has 1 aromatic carbocycles. The second-order valence-corrected chi connectivity index (χ2v) is 4.94. The van der Waals surface area contributed by atoms with Gasteiger partial charge in [-0.2, -0.15) is 0 Å². The zero-order chi connectivity index (χ0) is 14.7. The van der Waals surface area contributed by atoms with Crippen LogP contribution in [0.3, 0.4) is 0 Å². The van der Waals surface area contributed by atoms with Gasteiger partial charge in [0.2, 0.25) is 11.8 Å². The summed E-state index contributed by atoms with van der Waals surface area (Å²) in [5.74, 6) is -1.31. The topological polar surface area (TPSA) is 49.4 Å². The molecule has 20 heavy (non-hydrogen) atoms. The molecule has 1 heterocycles. The average Bonchev–Trinajstić information content (AvgIpc) is 2.81. The van der Waals surface area contributed by atoms with E-state index in [1.807, 2.05) is 0 Å². The fourth-order valence-corrected chi connectivity index (χ4v) is 2.28. The van der Waals surface area contributed by atoms with Crippen LogP contribution in [0.2, 0.25) is 5.02 Å². The fraction of sp³-hybridized carbons (Fsp3) is 0.286. The molecule has 1 aliphatic heterocycles. The quantitative estimate of drug-likeness (QED) is 0.866. The monoisotopic (exact) mass is 296 g/mol. The minimum atomic E-state index is -0.540. The molecule has 2 amide bonds. The first-order chi connectivity index (χ1) is 9.52. The lowest BCUT2D eigenvalue weighted by Gasteiger charge is -2.17. The van der Waals surface area contributed by atoms with Crippen LogP contribution in [0, 0.1) is 11.7 Å². The summed E-state index contributed by atoms with van der Waals surface area (Å²) in [4.78, 5) is 25.2. The van der Waals surface area contributed by atoms with Crippen molar-refractivity contribution in [3.63, 3.8) is 0 Å². The van der Waals surface area contributed by atoms with Crippen molar-refractivity contribution >= 4 is 29.1 Å². The summed E-state index contributed by atoms with van der Waals surface area (Å²) in [6.07, 6.45) is 1.71. The van der Waals surface area contributed by atoms with E-state index < -0.39 is 11.7 Å². The van der Waals surface area contributed by atoms with Crippen LogP contribution < -0.4 is 10.2 Å². The maximum atomic E-state index is 13.1. The molecule has 1 unspecified atom stereocenters. The molecular weight excluding hydrogens is 283 g/mol. The van der Waals surface area contributed by atoms with Gasteiger partial charge in [0.05, 0.1) is 10.9 Å². The number of carbonyl (C=O) groups is 2. The number of nitrogens with one attached hydrogen (secondary N) is 1. The predicted molar refractivity (Wildman–Crippen MR) is 75.1 cm³/mol. The van der Waals surface area contributed by atoms with Crippen molar-refractivity contribution in [3.05, 3.63) is 41.7 Å². The molecule has 0 bridgehead atoms. The maximum absolute atomic E-state index is 13.1. The van der Waals surface area contributed by atoms with E-state index in [0.717, 1.165) is 0 Å². The Kier molecular flexibility index (Phi) is 4.39. The Labute approximate surface area is 121 Å². The largest absolute Gasteiger partial charge is 0.352 e. The molecule has 1 aliphatic rings. The maximum Gasteiger partial charge on any atom is 0.227 e. The summed E-state index contributed by atoms with van der Waals surface area (Å²) in [5.41, 5.74) is 0.500. The van der Waals surface area contributed by atoms with Crippen molar-refractivity contribution < 1.29 is 14.0 Å². The first-order valence-corrected chi connectivity index (χ1v) is 6.54. The molecule has 2 rings (SSSR count). The zero-order valence-electron chi connectivity index (χ0n) is 10.7. The molecule has 1 fully saturated rings. The number of hydrogen-bond donors (Lipinski definition) is 1. The first kappa shape index (κ1) is 14.5. The highest BCUT2D eigenvalue weighted by Gasteiger charge is 2.35. The predicted octanol–water partition coefficient (Wildman–Crippen LogP) is 2.13. The van der Waals surface area contributed by atoms with Gasteiger partial charge in [0, 0.05) is 25.2 Å². The van der Waals surface area contributed by atoms with Gasteiger partial charge in [-0.25, -0.2) is 4.39 Å². The van der Waals surface area contributed by atoms with Crippen LogP contribution in [0.1, 0.15) is 6.42 Å². The van der Waals surface area contributed by atoms with Crippen LogP contribution in [-0.2, 0) is 9.59 Å². The average molecular weight is 297 g/mol. The van der Waals surface area contributed by atoms with Crippen molar-refractivity contribution in [2.24, 2.45) is 5.92 Å². The third-order valence-corrected chi connectivity index (χ3v) is 3.42. The highest BCUT2D eigenvalue weighted by molar-refractivity contribution is 6.31. The summed E-state index contributed by atoms with van der Waals surface area (Å²) in [7, 11) is 0. The van der Waals surface area contributed by atoms with Gasteiger partial charge in [-0.1, -0.05) is 17.7 Å². The molecule has 1 saturated heterocycles. The molecule has 106 valence electrons. The van der Waals surface area contributed by atoms with Gasteiger partial charge in [-0.05, 0) is 18.2 Å². The Bertz CT molecular complexity index is 562. The summed E-state index contributed by atoms with van der Waals surface area (Å²) in [6, 6.07) is 4.07. The van der Waals surface area contributed by atoms with Gasteiger partial charge in [-0.3, -0.25) is 9.59 Å². The van der Waals surface area contributed by atoms with Gasteiger partial charge in [0.1, 0.15) is 5.82 Å². The van der Waals surface area contributed by atoms with Gasteiger partial charge >= 0.3 is 0 Å². The molecule has 6 heteroatoms. The molecule has 4 nitrogen and oxygen atoms in total. The van der Waals surface area contributed by atoms with E-state index in [1.54, 1.807) is 6.08 Å². The van der Waals surface area contributed by atoms with Crippen LogP contribution in [0.5, 0.6) is 0 Å². The molecule has 1 atom stereocenters. The van der Waals surface area contributed by atoms with Crippen molar-refractivity contribution in [2.45, 2.75) is 6.42 Å². The second-order valence-electron chi connectivity index (χ2n) is 4.54. The third-order valence-electron chi connectivity index (χ3n) is 3.13. The fourth-order valence-electron chi connectivity index (χ4n) is 2.10. The molecular formula is C14H14ClFN2O2. The summed E-state index contributed by atoms with van der Waals surface area (Å²) in [5, 5.41) is 2.62. The minimum Gasteiger partial charge on any atom is -0.352 e. The van der Waals surface area contributed by atoms with Crippen LogP contribution in [0.4, 0.5) is 10.1 Å². The Morgan fingerprint density at radius 1 is 1.60 bits per heavy atom. The van der Waals surface area contributed by atoms with E-state index >= 15 is 0 Å². The Hall–Kier alpha value is -1.88. The molecule has 1 N–H and O–H groups in total. The number of benzene rings is 1. The summed E-state index contributed by atoms with van der Waals surface area (Å²) < 4.78 is 13.1. The first-order valence-electron chi connectivity index (χ1n) is 6.17. The lowest BCUT2D eigenvalue weighted by atomic mass is 10.1. The highest BCUT2D eigenvalue weighted by Crippen LogP contribution is 2.28. The Morgan fingerprint density at radius 3 is 3.00 bits per heavy atom. The smallest absolute Gasteiger partial charge is 0.227 e. The Balaban J connectivity index is 2.10. The molecule has 0 radical (unpaired) electrons. The Morgan fingerprint density at radius 2 is 2.35 bits per heavy atom. The van der Waals surface area contributed by atoms with E-state index in [0.29, 0.717) is 12.2 Å². The van der Waals surface area contributed by atoms with Crippen LogP contribution >= 0.6 is 11.6 Å². The van der Waals surface area contributed by atoms with E-state index in [-0.39, 0.29) is 29.8 Å². The van der Waals surface area contributed by atoms with Crippen LogP contribution in [0.25, 0.3) is 0 Å². The number of amides is 2. The van der Waals surface area contributed by atoms with E-state index in [1.165, 1.54) is 23.1 Å². The van der Waals surface area contributed by atoms with Crippen LogP contribution in [0.15, 0.2) is 30.9 Å². The normalized spacial score (nSPS) is 18.2. The lowest BCUT2D eigenvalue weighted by molar-refractivity contribution is -0.126. The van der Waals surface area contributed by atoms with Crippen molar-refractivity contribution in [2.75, 3.05) is 18.0 Å². The summed E-state index contributed by atoms with van der Waals surface area (Å²) >= 11 is 5.70. The van der Waals surface area contributed by atoms with Gasteiger partial charge in [0.25, 0.3) is 0 Å². The number of rotatable bonds is 4. The highest BCUT2D eigenvalue weighted by atomic mass is 35.5. The van der Waals surface area contributed by atoms with Gasteiger partial charge < -0.3 is 10.2 Å². The van der Waals surface area contributed by atoms with Crippen molar-refractivity contribution in [3.8, 4) is 0 Å². The second kappa shape index (κ2) is 6.05. The van der Waals surface area contributed by atoms with E-state index in [4.69, 9.17) is 11.6 Å². The third kappa shape index (κ3) is 2.99. The number of carbonyl (C=O) groups excluding carboxylic acids is 2. The van der Waals surface area contributed by atoms with Gasteiger partial charge in [0.15, 0.2) is 0 Å². The molecule has 0 aliphatic carbocycles. The molecule has 1 aromatic rings.